The van der Waals surface area contributed by atoms with Crippen LogP contribution in [0.5, 0.6) is 0 Å². The molecule has 4 heterocycles. The Balaban J connectivity index is 0.000000157. The van der Waals surface area contributed by atoms with Crippen LogP contribution in [0.2, 0.25) is 0 Å². The van der Waals surface area contributed by atoms with Crippen molar-refractivity contribution < 1.29 is 85.0 Å². The number of esters is 4. The van der Waals surface area contributed by atoms with Crippen molar-refractivity contribution in [1.82, 2.24) is 19.9 Å². The molecule has 0 saturated heterocycles. The molecule has 5 aromatic carbocycles. The number of nitrogens with one attached hydrogen (secondary N) is 5. The van der Waals surface area contributed by atoms with Gasteiger partial charge in [0.05, 0.1) is 50.1 Å². The lowest BCUT2D eigenvalue weighted by atomic mass is 9.86. The molecule has 24 heteroatoms. The Morgan fingerprint density at radius 1 is 0.396 bits per heavy atom. The fraction of sp³-hybridized carbons (Fsp3) is 0.463. The number of ether oxygens (including phenoxy) is 4. The standard InChI is InChI=1S/2C15H16FNO2.2C13H14FNO.2C9H14O3.C6H7FN2.C2H6O/c1-2-19-15(18)9-3-5-13-11(7-9)12-8-10(16)4-6-14(12)17-13;1-2-19-15(18)9-3-5-11-12-8-10(16)4-6-13(12)17-14(11)7-9;14-9-2-4-13-11(6-9)10-5-8(7-16)1-3-12(10)15-13;14-9-2-4-12-11(6-9)10-3-1-8(7-16)5-13(10)15-12;1-2-12-9(11)7-3-5-8(10)6-4-7;1-2-12-9(11)7-4-3-5-8(10)6-7;7-5-1-3-6(9-8)4-2-5;1-2-3/h2*4,6,8-9,17H,2-3,5,7H2,1H3;2*2,4,6,8,15-16H,1,3,5,7H2;2*7H,2-6H2,1H3;1-4,9H,8H2;3H,2H2,1H3. The highest BCUT2D eigenvalue weighted by Gasteiger charge is 2.32. The van der Waals surface area contributed by atoms with Gasteiger partial charge in [0.1, 0.15) is 40.7 Å². The molecule has 0 bridgehead atoms. The molecule has 10 N–H and O–H groups in total. The van der Waals surface area contributed by atoms with E-state index in [0.29, 0.717) is 95.3 Å². The molecule has 0 radical (unpaired) electrons. The van der Waals surface area contributed by atoms with E-state index in [1.165, 1.54) is 65.0 Å². The minimum absolute atomic E-state index is 0.0253. The fourth-order valence-corrected chi connectivity index (χ4v) is 14.4. The number of carbonyl (C=O) groups excluding carboxylic acids is 6. The number of aliphatic hydroxyl groups excluding tert-OH is 3. The van der Waals surface area contributed by atoms with Crippen molar-refractivity contribution in [2.24, 2.45) is 41.4 Å². The van der Waals surface area contributed by atoms with E-state index >= 15 is 0 Å². The van der Waals surface area contributed by atoms with Crippen molar-refractivity contribution in [2.75, 3.05) is 51.7 Å². The highest BCUT2D eigenvalue weighted by molar-refractivity contribution is 5.89. The van der Waals surface area contributed by atoms with Gasteiger partial charge in [-0.1, -0.05) is 0 Å². The van der Waals surface area contributed by atoms with Gasteiger partial charge in [0.15, 0.2) is 0 Å². The number of benzene rings is 5. The third-order valence-electron chi connectivity index (χ3n) is 19.8. The molecule has 5 atom stereocenters. The van der Waals surface area contributed by atoms with Gasteiger partial charge < -0.3 is 59.6 Å². The van der Waals surface area contributed by atoms with Gasteiger partial charge in [-0.3, -0.25) is 34.6 Å². The summed E-state index contributed by atoms with van der Waals surface area (Å²) < 4.78 is 85.1. The van der Waals surface area contributed by atoms with Crippen molar-refractivity contribution in [2.45, 2.75) is 163 Å². The zero-order chi connectivity index (χ0) is 76.4. The normalized spacial score (nSPS) is 18.4. The number of hydrogen-bond donors (Lipinski definition) is 9. The van der Waals surface area contributed by atoms with E-state index in [2.05, 4.69) is 25.4 Å². The largest absolute Gasteiger partial charge is 0.466 e. The number of fused-ring (bicyclic) bond motifs is 12. The van der Waals surface area contributed by atoms with Crippen LogP contribution in [-0.4, -0.2) is 117 Å². The third kappa shape index (κ3) is 22.9. The summed E-state index contributed by atoms with van der Waals surface area (Å²) in [5, 5.41) is 29.7. The third-order valence-corrected chi connectivity index (χ3v) is 19.8. The van der Waals surface area contributed by atoms with E-state index in [1.54, 1.807) is 75.4 Å². The number of aliphatic hydroxyl groups is 3. The zero-order valence-corrected chi connectivity index (χ0v) is 61.2. The molecule has 9 aromatic rings. The summed E-state index contributed by atoms with van der Waals surface area (Å²) in [4.78, 5) is 81.0. The minimum Gasteiger partial charge on any atom is -0.466 e. The lowest BCUT2D eigenvalue weighted by molar-refractivity contribution is -0.151. The summed E-state index contributed by atoms with van der Waals surface area (Å²) in [6.45, 7) is 11.3. The van der Waals surface area contributed by atoms with E-state index in [9.17, 15) is 55.8 Å². The predicted octanol–water partition coefficient (Wildman–Crippen LogP) is 14.5. The molecule has 0 amide bonds. The van der Waals surface area contributed by atoms with Gasteiger partial charge in [-0.2, -0.15) is 0 Å². The lowest BCUT2D eigenvalue weighted by Gasteiger charge is -2.20. The van der Waals surface area contributed by atoms with Gasteiger partial charge >= 0.3 is 23.9 Å². The Kier molecular flexibility index (Phi) is 31.9. The number of hydrogen-bond acceptors (Lipinski definition) is 15. The van der Waals surface area contributed by atoms with Crippen molar-refractivity contribution in [1.29, 1.82) is 0 Å². The molecule has 5 unspecified atom stereocenters. The molecule has 6 aliphatic carbocycles. The molecule has 2 fully saturated rings. The van der Waals surface area contributed by atoms with Crippen LogP contribution in [0, 0.1) is 64.6 Å². The van der Waals surface area contributed by atoms with Crippen LogP contribution in [-0.2, 0) is 99.1 Å². The number of aryl methyl sites for hydroxylation is 4. The van der Waals surface area contributed by atoms with E-state index in [4.69, 9.17) is 35.0 Å². The smallest absolute Gasteiger partial charge is 0.309 e. The van der Waals surface area contributed by atoms with Gasteiger partial charge in [0, 0.05) is 124 Å². The first-order valence-corrected chi connectivity index (χ1v) is 37.1. The molecule has 106 heavy (non-hydrogen) atoms. The Hall–Kier alpha value is -9.23. The van der Waals surface area contributed by atoms with Crippen molar-refractivity contribution in [3.8, 4) is 0 Å². The van der Waals surface area contributed by atoms with Crippen molar-refractivity contribution >= 4 is 84.7 Å². The quantitative estimate of drug-likeness (QED) is 0.0191. The maximum atomic E-state index is 13.4. The van der Waals surface area contributed by atoms with Gasteiger partial charge in [0.25, 0.3) is 0 Å². The van der Waals surface area contributed by atoms with Crippen LogP contribution in [0.1, 0.15) is 157 Å². The Morgan fingerprint density at radius 2 is 0.745 bits per heavy atom. The summed E-state index contributed by atoms with van der Waals surface area (Å²) in [6, 6.07) is 25.1. The van der Waals surface area contributed by atoms with Gasteiger partial charge in [-0.25, -0.2) is 22.0 Å². The van der Waals surface area contributed by atoms with E-state index in [-0.39, 0.29) is 108 Å². The van der Waals surface area contributed by atoms with Crippen LogP contribution in [0.25, 0.3) is 43.6 Å². The number of H-pyrrole nitrogens is 4. The minimum atomic E-state index is -0.256. The molecular weight excluding hydrogens is 1370 g/mol. The van der Waals surface area contributed by atoms with E-state index in [0.717, 1.165) is 143 Å². The Labute approximate surface area is 614 Å². The first-order chi connectivity index (χ1) is 51.1. The highest BCUT2D eigenvalue weighted by Crippen LogP contribution is 2.37. The summed E-state index contributed by atoms with van der Waals surface area (Å²) in [6.07, 6.45) is 15.2. The van der Waals surface area contributed by atoms with Crippen LogP contribution < -0.4 is 11.3 Å². The molecule has 2 saturated carbocycles. The van der Waals surface area contributed by atoms with Gasteiger partial charge in [-0.05, 0) is 262 Å². The monoisotopic (exact) mass is 1470 g/mol. The summed E-state index contributed by atoms with van der Waals surface area (Å²) >= 11 is 0. The number of halogens is 5. The maximum Gasteiger partial charge on any atom is 0.309 e. The van der Waals surface area contributed by atoms with Crippen molar-refractivity contribution in [3.05, 3.63) is 171 Å². The number of anilines is 1. The van der Waals surface area contributed by atoms with E-state index < -0.39 is 0 Å². The van der Waals surface area contributed by atoms with Crippen LogP contribution in [0.3, 0.4) is 0 Å². The number of aromatic amines is 4. The second-order valence-electron chi connectivity index (χ2n) is 27.2. The van der Waals surface area contributed by atoms with E-state index in [1.807, 2.05) is 13.8 Å². The Bertz CT molecular complexity index is 4370. The second-order valence-corrected chi connectivity index (χ2v) is 27.2. The SMILES string of the molecule is CCO.CCOC(=O)C1CCC(=O)CC1.CCOC(=O)C1CCCC(=O)C1.CCOC(=O)C1CCc2[nH]c3ccc(F)cc3c2C1.CCOC(=O)C1CCc2c([nH]c3ccc(F)cc23)C1.NNc1ccc(F)cc1.OCC1CCc2[nH]c3ccc(F)cc3c2C1.OCC1CCc2c([nH]c3ccc(F)cc23)C1. The lowest BCUT2D eigenvalue weighted by Crippen LogP contribution is -2.24. The number of nitrogens with two attached hydrogens (primary N) is 1. The molecule has 4 aromatic heterocycles. The topological polar surface area (TPSA) is 301 Å². The molecule has 0 spiro atoms. The molecule has 6 aliphatic rings. The number of Topliss-reactive ketones (excluding diaryl/α,β-unsaturated/α-hetero) is 2. The number of rotatable bonds is 11. The number of aromatic nitrogens is 4. The zero-order valence-electron chi connectivity index (χ0n) is 61.2. The summed E-state index contributed by atoms with van der Waals surface area (Å²) in [7, 11) is 0. The molecular formula is C82H101F5N6O13. The average Bonchev–Trinajstić information content (AvgIpc) is 1.66. The summed E-state index contributed by atoms with van der Waals surface area (Å²) in [5.74, 6) is 4.11. The van der Waals surface area contributed by atoms with Crippen molar-refractivity contribution in [3.63, 3.8) is 0 Å². The predicted molar refractivity (Wildman–Crippen MR) is 397 cm³/mol. The highest BCUT2D eigenvalue weighted by atomic mass is 19.1. The number of nitrogen functional groups attached to an aromatic ring is 1. The maximum absolute atomic E-state index is 13.4. The Morgan fingerprint density at radius 3 is 1.19 bits per heavy atom. The van der Waals surface area contributed by atoms with Gasteiger partial charge in [-0.15, -0.1) is 0 Å². The molecule has 19 nitrogen and oxygen atoms in total. The summed E-state index contributed by atoms with van der Waals surface area (Å²) in [5.41, 5.74) is 16.2. The molecule has 15 rings (SSSR count). The average molecular weight is 1470 g/mol. The van der Waals surface area contributed by atoms with Crippen LogP contribution in [0.4, 0.5) is 27.6 Å². The molecule has 572 valence electrons. The first kappa shape index (κ1) is 82.4. The fourth-order valence-electron chi connectivity index (χ4n) is 14.4. The number of carbonyl (C=O) groups is 6. The first-order valence-electron chi connectivity index (χ1n) is 37.1. The molecule has 0 aliphatic heterocycles. The number of hydrazine groups is 1. The number of ketones is 2. The van der Waals surface area contributed by atoms with Gasteiger partial charge in [0.2, 0.25) is 0 Å². The van der Waals surface area contributed by atoms with Crippen LogP contribution in [0.15, 0.2) is 97.1 Å². The van der Waals surface area contributed by atoms with Crippen LogP contribution >= 0.6 is 0 Å². The second kappa shape index (κ2) is 41.0.